The van der Waals surface area contributed by atoms with Crippen LogP contribution in [0.1, 0.15) is 0 Å². The van der Waals surface area contributed by atoms with Gasteiger partial charge in [-0.25, -0.2) is 5.14 Å². The lowest BCUT2D eigenvalue weighted by atomic mass is 10.3. The summed E-state index contributed by atoms with van der Waals surface area (Å²) in [5, 5.41) is 4.69. The standard InChI is InChI=1S/C4H13N3O3S/c1-10-3-4(2-5)7-11(6,8)9/h4,7H,2-3,5H2,1H3,(H2,6,8,9)/t4-/m0/s1. The van der Waals surface area contributed by atoms with Crippen LogP contribution in [0.5, 0.6) is 0 Å². The van der Waals surface area contributed by atoms with Crippen molar-refractivity contribution in [3.63, 3.8) is 0 Å². The first-order valence-electron chi connectivity index (χ1n) is 2.98. The van der Waals surface area contributed by atoms with E-state index in [2.05, 4.69) is 9.46 Å². The lowest BCUT2D eigenvalue weighted by Crippen LogP contribution is -2.45. The summed E-state index contributed by atoms with van der Waals surface area (Å²) < 4.78 is 27.6. The first-order valence-corrected chi connectivity index (χ1v) is 4.53. The van der Waals surface area contributed by atoms with E-state index in [1.54, 1.807) is 0 Å². The van der Waals surface area contributed by atoms with Gasteiger partial charge in [-0.1, -0.05) is 0 Å². The highest BCUT2D eigenvalue weighted by Gasteiger charge is 2.11. The molecular formula is C4H13N3O3S. The molecule has 0 aliphatic rings. The van der Waals surface area contributed by atoms with Crippen molar-refractivity contribution in [1.29, 1.82) is 0 Å². The molecule has 0 spiro atoms. The Morgan fingerprint density at radius 1 is 1.64 bits per heavy atom. The summed E-state index contributed by atoms with van der Waals surface area (Å²) in [7, 11) is -2.22. The van der Waals surface area contributed by atoms with Crippen LogP contribution in [0, 0.1) is 0 Å². The fourth-order valence-electron chi connectivity index (χ4n) is 0.584. The van der Waals surface area contributed by atoms with Gasteiger partial charge in [0.25, 0.3) is 10.2 Å². The smallest absolute Gasteiger partial charge is 0.274 e. The molecule has 0 rings (SSSR count). The third-order valence-electron chi connectivity index (χ3n) is 0.983. The van der Waals surface area contributed by atoms with Gasteiger partial charge in [0.05, 0.1) is 12.6 Å². The second-order valence-corrected chi connectivity index (χ2v) is 3.38. The van der Waals surface area contributed by atoms with E-state index in [0.717, 1.165) is 0 Å². The number of hydrogen-bond acceptors (Lipinski definition) is 4. The molecular weight excluding hydrogens is 170 g/mol. The molecule has 11 heavy (non-hydrogen) atoms. The maximum Gasteiger partial charge on any atom is 0.274 e. The average molecular weight is 183 g/mol. The summed E-state index contributed by atoms with van der Waals surface area (Å²) in [5.74, 6) is 0. The molecule has 0 saturated carbocycles. The molecule has 0 saturated heterocycles. The summed E-state index contributed by atoms with van der Waals surface area (Å²) in [6, 6.07) is -0.449. The third-order valence-corrected chi connectivity index (χ3v) is 1.65. The van der Waals surface area contributed by atoms with Crippen LogP contribution in [0.2, 0.25) is 0 Å². The van der Waals surface area contributed by atoms with Crippen molar-refractivity contribution in [3.8, 4) is 0 Å². The Labute approximate surface area is 66.1 Å². The van der Waals surface area contributed by atoms with E-state index in [1.165, 1.54) is 7.11 Å². The molecule has 0 unspecified atom stereocenters. The minimum Gasteiger partial charge on any atom is -0.383 e. The Kier molecular flexibility index (Phi) is 4.54. The molecule has 0 fully saturated rings. The van der Waals surface area contributed by atoms with Crippen LogP contribution < -0.4 is 15.6 Å². The van der Waals surface area contributed by atoms with Gasteiger partial charge in [0.2, 0.25) is 0 Å². The predicted octanol–water partition coefficient (Wildman–Crippen LogP) is -2.25. The SMILES string of the molecule is COC[C@H](CN)NS(N)(=O)=O. The van der Waals surface area contributed by atoms with Crippen molar-refractivity contribution in [1.82, 2.24) is 4.72 Å². The van der Waals surface area contributed by atoms with E-state index >= 15 is 0 Å². The number of hydrogen-bond donors (Lipinski definition) is 3. The molecule has 0 aliphatic carbocycles. The minimum atomic E-state index is -3.67. The second kappa shape index (κ2) is 4.62. The minimum absolute atomic E-state index is 0.157. The monoisotopic (exact) mass is 183 g/mol. The Morgan fingerprint density at radius 3 is 2.45 bits per heavy atom. The largest absolute Gasteiger partial charge is 0.383 e. The summed E-state index contributed by atoms with van der Waals surface area (Å²) in [5.41, 5.74) is 5.20. The quantitative estimate of drug-likeness (QED) is 0.447. The van der Waals surface area contributed by atoms with Crippen LogP contribution in [0.4, 0.5) is 0 Å². The van der Waals surface area contributed by atoms with Gasteiger partial charge >= 0.3 is 0 Å². The maximum atomic E-state index is 10.4. The van der Waals surface area contributed by atoms with E-state index in [0.29, 0.717) is 0 Å². The lowest BCUT2D eigenvalue weighted by molar-refractivity contribution is 0.177. The van der Waals surface area contributed by atoms with Crippen molar-refractivity contribution >= 4 is 10.2 Å². The van der Waals surface area contributed by atoms with Crippen molar-refractivity contribution < 1.29 is 13.2 Å². The van der Waals surface area contributed by atoms with Crippen LogP contribution in [0.25, 0.3) is 0 Å². The summed E-state index contributed by atoms with van der Waals surface area (Å²) in [6.45, 7) is 0.372. The average Bonchev–Trinajstić information content (AvgIpc) is 1.84. The highest BCUT2D eigenvalue weighted by molar-refractivity contribution is 7.87. The zero-order valence-corrected chi connectivity index (χ0v) is 7.10. The molecule has 0 aromatic rings. The Morgan fingerprint density at radius 2 is 2.18 bits per heavy atom. The normalized spacial score (nSPS) is 14.8. The summed E-state index contributed by atoms with van der Waals surface area (Å²) in [4.78, 5) is 0. The van der Waals surface area contributed by atoms with Gasteiger partial charge in [-0.05, 0) is 0 Å². The Hall–Kier alpha value is -0.210. The summed E-state index contributed by atoms with van der Waals surface area (Å²) >= 11 is 0. The molecule has 6 nitrogen and oxygen atoms in total. The fraction of sp³-hybridized carbons (Fsp3) is 1.00. The first-order chi connectivity index (χ1) is 4.99. The topological polar surface area (TPSA) is 107 Å². The molecule has 7 heteroatoms. The molecule has 0 amide bonds. The van der Waals surface area contributed by atoms with Crippen LogP contribution >= 0.6 is 0 Å². The molecule has 0 aliphatic heterocycles. The van der Waals surface area contributed by atoms with Crippen LogP contribution in [-0.2, 0) is 14.9 Å². The fourth-order valence-corrected chi connectivity index (χ4v) is 1.21. The number of rotatable bonds is 5. The Balaban J connectivity index is 3.88. The van der Waals surface area contributed by atoms with Gasteiger partial charge in [-0.2, -0.15) is 13.1 Å². The number of nitrogens with two attached hydrogens (primary N) is 2. The molecule has 5 N–H and O–H groups in total. The van der Waals surface area contributed by atoms with Gasteiger partial charge in [-0.3, -0.25) is 0 Å². The van der Waals surface area contributed by atoms with E-state index in [-0.39, 0.29) is 13.2 Å². The van der Waals surface area contributed by atoms with Gasteiger partial charge in [0.15, 0.2) is 0 Å². The third kappa shape index (κ3) is 6.20. The highest BCUT2D eigenvalue weighted by atomic mass is 32.2. The molecule has 0 radical (unpaired) electrons. The molecule has 68 valence electrons. The van der Waals surface area contributed by atoms with Gasteiger partial charge in [0, 0.05) is 13.7 Å². The number of methoxy groups -OCH3 is 1. The summed E-state index contributed by atoms with van der Waals surface area (Å²) in [6.07, 6.45) is 0. The van der Waals surface area contributed by atoms with E-state index in [9.17, 15) is 8.42 Å². The van der Waals surface area contributed by atoms with Gasteiger partial charge in [-0.15, -0.1) is 0 Å². The van der Waals surface area contributed by atoms with Crippen molar-refractivity contribution in [2.24, 2.45) is 10.9 Å². The molecule has 0 bridgehead atoms. The zero-order chi connectivity index (χ0) is 8.91. The number of nitrogens with one attached hydrogen (secondary N) is 1. The van der Waals surface area contributed by atoms with Crippen molar-refractivity contribution in [2.75, 3.05) is 20.3 Å². The van der Waals surface area contributed by atoms with Gasteiger partial charge < -0.3 is 10.5 Å². The second-order valence-electron chi connectivity index (χ2n) is 2.05. The van der Waals surface area contributed by atoms with E-state index in [4.69, 9.17) is 10.9 Å². The first kappa shape index (κ1) is 10.8. The van der Waals surface area contributed by atoms with Crippen LogP contribution in [0.15, 0.2) is 0 Å². The Bertz CT molecular complexity index is 191. The maximum absolute atomic E-state index is 10.4. The lowest BCUT2D eigenvalue weighted by Gasteiger charge is -2.12. The molecule has 0 aromatic heterocycles. The van der Waals surface area contributed by atoms with Crippen molar-refractivity contribution in [3.05, 3.63) is 0 Å². The van der Waals surface area contributed by atoms with E-state index < -0.39 is 16.3 Å². The van der Waals surface area contributed by atoms with Crippen molar-refractivity contribution in [2.45, 2.75) is 6.04 Å². The van der Waals surface area contributed by atoms with E-state index in [1.807, 2.05) is 0 Å². The zero-order valence-electron chi connectivity index (χ0n) is 6.28. The number of ether oxygens (including phenoxy) is 1. The van der Waals surface area contributed by atoms with Crippen LogP contribution in [0.3, 0.4) is 0 Å². The van der Waals surface area contributed by atoms with Crippen LogP contribution in [-0.4, -0.2) is 34.7 Å². The predicted molar refractivity (Wildman–Crippen MR) is 41.0 cm³/mol. The van der Waals surface area contributed by atoms with Gasteiger partial charge in [0.1, 0.15) is 0 Å². The molecule has 0 aromatic carbocycles. The molecule has 1 atom stereocenters. The molecule has 0 heterocycles. The highest BCUT2D eigenvalue weighted by Crippen LogP contribution is 1.82.